The van der Waals surface area contributed by atoms with Crippen LogP contribution < -0.4 is 10.2 Å². The lowest BCUT2D eigenvalue weighted by molar-refractivity contribution is 0.726. The van der Waals surface area contributed by atoms with Crippen molar-refractivity contribution in [3.05, 3.63) is 11.4 Å². The third-order valence-electron chi connectivity index (χ3n) is 3.80. The molecular formula is C15H26N4. The van der Waals surface area contributed by atoms with Crippen molar-refractivity contribution < 1.29 is 0 Å². The summed E-state index contributed by atoms with van der Waals surface area (Å²) in [4.78, 5) is 11.9. The Morgan fingerprint density at radius 1 is 1.05 bits per heavy atom. The van der Waals surface area contributed by atoms with Crippen molar-refractivity contribution in [3.63, 3.8) is 0 Å². The third-order valence-corrected chi connectivity index (χ3v) is 3.80. The molecule has 1 aromatic rings. The van der Waals surface area contributed by atoms with Crippen LogP contribution in [-0.4, -0.2) is 30.1 Å². The fourth-order valence-corrected chi connectivity index (χ4v) is 2.61. The Balaban J connectivity index is 2.38. The minimum atomic E-state index is 0.360. The van der Waals surface area contributed by atoms with Crippen molar-refractivity contribution in [1.29, 1.82) is 0 Å². The van der Waals surface area contributed by atoms with Crippen LogP contribution in [0, 0.1) is 6.92 Å². The van der Waals surface area contributed by atoms with Gasteiger partial charge in [0.15, 0.2) is 0 Å². The van der Waals surface area contributed by atoms with Gasteiger partial charge in [-0.15, -0.1) is 0 Å². The molecule has 1 saturated heterocycles. The van der Waals surface area contributed by atoms with Crippen LogP contribution in [0.25, 0.3) is 0 Å². The third kappa shape index (κ3) is 3.17. The Hall–Kier alpha value is -1.32. The molecule has 4 nitrogen and oxygen atoms in total. The summed E-state index contributed by atoms with van der Waals surface area (Å²) in [5.74, 6) is 3.40. The second kappa shape index (κ2) is 6.22. The maximum Gasteiger partial charge on any atom is 0.137 e. The highest BCUT2D eigenvalue weighted by atomic mass is 15.2. The summed E-state index contributed by atoms with van der Waals surface area (Å²) in [6.07, 6.45) is 5.23. The molecule has 0 aromatic carbocycles. The van der Waals surface area contributed by atoms with Crippen molar-refractivity contribution in [2.45, 2.75) is 52.4 Å². The lowest BCUT2D eigenvalue weighted by Gasteiger charge is -2.25. The number of hydrogen-bond acceptors (Lipinski definition) is 4. The maximum absolute atomic E-state index is 4.82. The first-order valence-corrected chi connectivity index (χ1v) is 7.44. The van der Waals surface area contributed by atoms with Crippen LogP contribution in [0.15, 0.2) is 0 Å². The second-order valence-electron chi connectivity index (χ2n) is 5.68. The van der Waals surface area contributed by atoms with Gasteiger partial charge in [0.1, 0.15) is 17.5 Å². The van der Waals surface area contributed by atoms with Crippen LogP contribution in [0.1, 0.15) is 56.8 Å². The van der Waals surface area contributed by atoms with E-state index in [9.17, 15) is 0 Å². The number of anilines is 2. The van der Waals surface area contributed by atoms with Crippen molar-refractivity contribution in [2.75, 3.05) is 30.4 Å². The molecule has 0 unspecified atom stereocenters. The van der Waals surface area contributed by atoms with E-state index < -0.39 is 0 Å². The maximum atomic E-state index is 4.82. The van der Waals surface area contributed by atoms with Gasteiger partial charge < -0.3 is 10.2 Å². The average molecular weight is 262 g/mol. The van der Waals surface area contributed by atoms with Crippen molar-refractivity contribution >= 4 is 11.6 Å². The molecule has 1 fully saturated rings. The van der Waals surface area contributed by atoms with Gasteiger partial charge in [-0.05, 0) is 19.8 Å². The lowest BCUT2D eigenvalue weighted by Crippen LogP contribution is -2.27. The molecule has 1 aromatic heterocycles. The van der Waals surface area contributed by atoms with E-state index in [1.165, 1.54) is 31.2 Å². The molecule has 0 radical (unpaired) electrons. The van der Waals surface area contributed by atoms with Gasteiger partial charge in [0, 0.05) is 31.6 Å². The van der Waals surface area contributed by atoms with Crippen LogP contribution in [0.2, 0.25) is 0 Å². The van der Waals surface area contributed by atoms with Crippen LogP contribution in [0.5, 0.6) is 0 Å². The summed E-state index contributed by atoms with van der Waals surface area (Å²) >= 11 is 0. The monoisotopic (exact) mass is 262 g/mol. The Morgan fingerprint density at radius 2 is 1.68 bits per heavy atom. The van der Waals surface area contributed by atoms with Gasteiger partial charge in [-0.25, -0.2) is 9.97 Å². The van der Waals surface area contributed by atoms with Crippen molar-refractivity contribution in [2.24, 2.45) is 0 Å². The Labute approximate surface area is 116 Å². The standard InChI is InChI=1S/C15H26N4/c1-11(2)13-17-14(16-4)12(3)15(18-13)19-9-7-5-6-8-10-19/h11H,5-10H2,1-4H3,(H,16,17,18). The quantitative estimate of drug-likeness (QED) is 0.907. The number of nitrogens with one attached hydrogen (secondary N) is 1. The minimum absolute atomic E-state index is 0.360. The molecule has 0 saturated carbocycles. The highest BCUT2D eigenvalue weighted by molar-refractivity contribution is 5.58. The van der Waals surface area contributed by atoms with Crippen LogP contribution in [0.3, 0.4) is 0 Å². The van der Waals surface area contributed by atoms with Gasteiger partial charge in [-0.1, -0.05) is 26.7 Å². The van der Waals surface area contributed by atoms with E-state index in [0.29, 0.717) is 5.92 Å². The molecule has 1 N–H and O–H groups in total. The van der Waals surface area contributed by atoms with E-state index in [4.69, 9.17) is 4.98 Å². The number of aromatic nitrogens is 2. The minimum Gasteiger partial charge on any atom is -0.373 e. The molecule has 0 atom stereocenters. The molecule has 0 aliphatic carbocycles. The molecule has 2 heterocycles. The zero-order valence-corrected chi connectivity index (χ0v) is 12.7. The second-order valence-corrected chi connectivity index (χ2v) is 5.68. The van der Waals surface area contributed by atoms with Crippen LogP contribution >= 0.6 is 0 Å². The van der Waals surface area contributed by atoms with Gasteiger partial charge >= 0.3 is 0 Å². The molecule has 0 amide bonds. The first kappa shape index (κ1) is 14.1. The molecule has 2 rings (SSSR count). The molecule has 19 heavy (non-hydrogen) atoms. The van der Waals surface area contributed by atoms with Gasteiger partial charge in [0.25, 0.3) is 0 Å². The molecule has 0 spiro atoms. The van der Waals surface area contributed by atoms with E-state index >= 15 is 0 Å². The predicted molar refractivity (Wildman–Crippen MR) is 81.1 cm³/mol. The van der Waals surface area contributed by atoms with Gasteiger partial charge in [-0.3, -0.25) is 0 Å². The average Bonchev–Trinajstić information content (AvgIpc) is 2.67. The first-order chi connectivity index (χ1) is 9.13. The zero-order valence-electron chi connectivity index (χ0n) is 12.7. The van der Waals surface area contributed by atoms with E-state index in [0.717, 1.165) is 30.5 Å². The van der Waals surface area contributed by atoms with Gasteiger partial charge in [0.2, 0.25) is 0 Å². The van der Waals surface area contributed by atoms with E-state index in [-0.39, 0.29) is 0 Å². The Bertz CT molecular complexity index is 420. The summed E-state index contributed by atoms with van der Waals surface area (Å²) in [6, 6.07) is 0. The molecule has 106 valence electrons. The predicted octanol–water partition coefficient (Wildman–Crippen LogP) is 3.33. The van der Waals surface area contributed by atoms with Gasteiger partial charge in [-0.2, -0.15) is 0 Å². The van der Waals surface area contributed by atoms with Crippen molar-refractivity contribution in [3.8, 4) is 0 Å². The summed E-state index contributed by atoms with van der Waals surface area (Å²) in [5.41, 5.74) is 1.17. The largest absolute Gasteiger partial charge is 0.373 e. The summed E-state index contributed by atoms with van der Waals surface area (Å²) in [7, 11) is 1.94. The molecule has 1 aliphatic rings. The molecule has 4 heteroatoms. The fraction of sp³-hybridized carbons (Fsp3) is 0.733. The Morgan fingerprint density at radius 3 is 2.21 bits per heavy atom. The topological polar surface area (TPSA) is 41.1 Å². The lowest BCUT2D eigenvalue weighted by atomic mass is 10.2. The molecular weight excluding hydrogens is 236 g/mol. The smallest absolute Gasteiger partial charge is 0.137 e. The number of hydrogen-bond donors (Lipinski definition) is 1. The number of nitrogens with zero attached hydrogens (tertiary/aromatic N) is 3. The van der Waals surface area contributed by atoms with Crippen LogP contribution in [0.4, 0.5) is 11.6 Å². The van der Waals surface area contributed by atoms with E-state index in [1.54, 1.807) is 0 Å². The zero-order chi connectivity index (χ0) is 13.8. The summed E-state index contributed by atoms with van der Waals surface area (Å²) in [5, 5.41) is 3.21. The first-order valence-electron chi connectivity index (χ1n) is 7.44. The summed E-state index contributed by atoms with van der Waals surface area (Å²) in [6.45, 7) is 8.67. The van der Waals surface area contributed by atoms with Crippen molar-refractivity contribution in [1.82, 2.24) is 9.97 Å². The number of rotatable bonds is 3. The SMILES string of the molecule is CNc1nc(C(C)C)nc(N2CCCCCC2)c1C. The highest BCUT2D eigenvalue weighted by Gasteiger charge is 2.18. The van der Waals surface area contributed by atoms with E-state index in [1.807, 2.05) is 7.05 Å². The highest BCUT2D eigenvalue weighted by Crippen LogP contribution is 2.27. The Kier molecular flexibility index (Phi) is 4.61. The van der Waals surface area contributed by atoms with Crippen LogP contribution in [-0.2, 0) is 0 Å². The van der Waals surface area contributed by atoms with E-state index in [2.05, 4.69) is 36.0 Å². The molecule has 1 aliphatic heterocycles. The summed E-state index contributed by atoms with van der Waals surface area (Å²) < 4.78 is 0. The normalized spacial score (nSPS) is 16.6. The molecule has 0 bridgehead atoms. The van der Waals surface area contributed by atoms with Gasteiger partial charge in [0.05, 0.1) is 0 Å². The fourth-order valence-electron chi connectivity index (χ4n) is 2.61.